The molecular formula is C25H37N3O5. The van der Waals surface area contributed by atoms with Gasteiger partial charge in [-0.05, 0) is 31.7 Å². The van der Waals surface area contributed by atoms with E-state index in [0.717, 1.165) is 64.8 Å². The number of carbonyl (C=O) groups is 2. The molecule has 1 aromatic carbocycles. The standard InChI is InChI=1S/C25H37N3O5/c1-31-22-15-20(21(16-23(22)32-2)26-24(29)18-7-4-3-5-8-18)25(30)28-12-10-27(11-13-28)17-19-9-6-14-33-19/h15-16,18-19H,3-14,17H2,1-2H3,(H,26,29)/t19-/m0/s1. The second-order valence-corrected chi connectivity index (χ2v) is 9.30. The summed E-state index contributed by atoms with van der Waals surface area (Å²) in [4.78, 5) is 30.7. The Labute approximate surface area is 196 Å². The van der Waals surface area contributed by atoms with Gasteiger partial charge in [0.25, 0.3) is 5.91 Å². The third-order valence-corrected chi connectivity index (χ3v) is 7.13. The summed E-state index contributed by atoms with van der Waals surface area (Å²) in [5.41, 5.74) is 0.944. The maximum atomic E-state index is 13.5. The SMILES string of the molecule is COc1cc(NC(=O)C2CCCCC2)c(C(=O)N2CCN(C[C@@H]3CCCO3)CC2)cc1OC. The van der Waals surface area contributed by atoms with Gasteiger partial charge < -0.3 is 24.4 Å². The van der Waals surface area contributed by atoms with Crippen LogP contribution in [0.15, 0.2) is 12.1 Å². The summed E-state index contributed by atoms with van der Waals surface area (Å²) in [5, 5.41) is 3.03. The number of hydrogen-bond acceptors (Lipinski definition) is 6. The molecule has 0 aromatic heterocycles. The van der Waals surface area contributed by atoms with Crippen molar-refractivity contribution >= 4 is 17.5 Å². The number of benzene rings is 1. The molecule has 4 rings (SSSR count). The van der Waals surface area contributed by atoms with Gasteiger partial charge in [-0.3, -0.25) is 14.5 Å². The predicted molar refractivity (Wildman–Crippen MR) is 126 cm³/mol. The number of ether oxygens (including phenoxy) is 3. The van der Waals surface area contributed by atoms with Crippen molar-refractivity contribution in [1.82, 2.24) is 9.80 Å². The first-order chi connectivity index (χ1) is 16.1. The van der Waals surface area contributed by atoms with Crippen LogP contribution in [0.5, 0.6) is 11.5 Å². The van der Waals surface area contributed by atoms with Crippen molar-refractivity contribution < 1.29 is 23.8 Å². The molecule has 2 amide bonds. The van der Waals surface area contributed by atoms with Gasteiger partial charge in [0, 0.05) is 51.3 Å². The van der Waals surface area contributed by atoms with Gasteiger partial charge in [0.15, 0.2) is 11.5 Å². The van der Waals surface area contributed by atoms with Gasteiger partial charge in [0.05, 0.1) is 31.6 Å². The number of carbonyl (C=O) groups excluding carboxylic acids is 2. The van der Waals surface area contributed by atoms with E-state index in [4.69, 9.17) is 14.2 Å². The minimum Gasteiger partial charge on any atom is -0.493 e. The van der Waals surface area contributed by atoms with E-state index in [1.807, 2.05) is 4.90 Å². The zero-order valence-electron chi connectivity index (χ0n) is 19.9. The fraction of sp³-hybridized carbons (Fsp3) is 0.680. The molecular weight excluding hydrogens is 422 g/mol. The fourth-order valence-corrected chi connectivity index (χ4v) is 5.14. The van der Waals surface area contributed by atoms with Crippen LogP contribution in [0.2, 0.25) is 0 Å². The Morgan fingerprint density at radius 2 is 1.67 bits per heavy atom. The Morgan fingerprint density at radius 3 is 2.30 bits per heavy atom. The smallest absolute Gasteiger partial charge is 0.256 e. The summed E-state index contributed by atoms with van der Waals surface area (Å²) in [5.74, 6) is 0.864. The molecule has 3 fully saturated rings. The quantitative estimate of drug-likeness (QED) is 0.675. The summed E-state index contributed by atoms with van der Waals surface area (Å²) in [6.45, 7) is 4.73. The Morgan fingerprint density at radius 1 is 0.970 bits per heavy atom. The number of hydrogen-bond donors (Lipinski definition) is 1. The minimum absolute atomic E-state index is 0.00357. The molecule has 0 unspecified atom stereocenters. The fourth-order valence-electron chi connectivity index (χ4n) is 5.14. The maximum absolute atomic E-state index is 13.5. The molecule has 0 spiro atoms. The first-order valence-corrected chi connectivity index (χ1v) is 12.3. The summed E-state index contributed by atoms with van der Waals surface area (Å²) in [7, 11) is 3.11. The van der Waals surface area contributed by atoms with Crippen LogP contribution in [-0.4, -0.2) is 81.3 Å². The number of methoxy groups -OCH3 is 2. The molecule has 1 aromatic rings. The van der Waals surface area contributed by atoms with E-state index in [1.54, 1.807) is 26.4 Å². The summed E-state index contributed by atoms with van der Waals surface area (Å²) in [6, 6.07) is 3.40. The molecule has 8 nitrogen and oxygen atoms in total. The van der Waals surface area contributed by atoms with Gasteiger partial charge in [-0.15, -0.1) is 0 Å². The van der Waals surface area contributed by atoms with Crippen molar-refractivity contribution in [3.05, 3.63) is 17.7 Å². The van der Waals surface area contributed by atoms with Crippen LogP contribution in [0.1, 0.15) is 55.3 Å². The highest BCUT2D eigenvalue weighted by atomic mass is 16.5. The molecule has 8 heteroatoms. The molecule has 2 saturated heterocycles. The average Bonchev–Trinajstić information content (AvgIpc) is 3.37. The second kappa shape index (κ2) is 11.2. The van der Waals surface area contributed by atoms with Crippen LogP contribution in [-0.2, 0) is 9.53 Å². The first-order valence-electron chi connectivity index (χ1n) is 12.3. The van der Waals surface area contributed by atoms with Gasteiger partial charge in [-0.2, -0.15) is 0 Å². The van der Waals surface area contributed by atoms with Gasteiger partial charge in [-0.25, -0.2) is 0 Å². The van der Waals surface area contributed by atoms with E-state index in [-0.39, 0.29) is 17.7 Å². The van der Waals surface area contributed by atoms with Crippen molar-refractivity contribution in [2.24, 2.45) is 5.92 Å². The van der Waals surface area contributed by atoms with E-state index in [1.165, 1.54) is 6.42 Å². The topological polar surface area (TPSA) is 80.3 Å². The largest absolute Gasteiger partial charge is 0.493 e. The Hall–Kier alpha value is -2.32. The summed E-state index contributed by atoms with van der Waals surface area (Å²) in [6.07, 6.45) is 7.71. The molecule has 2 aliphatic heterocycles. The Kier molecular flexibility index (Phi) is 8.09. The third kappa shape index (κ3) is 5.79. The first kappa shape index (κ1) is 23.8. The minimum atomic E-state index is -0.0911. The molecule has 1 N–H and O–H groups in total. The second-order valence-electron chi connectivity index (χ2n) is 9.30. The number of anilines is 1. The molecule has 33 heavy (non-hydrogen) atoms. The number of rotatable bonds is 7. The number of nitrogens with zero attached hydrogens (tertiary/aromatic N) is 2. The van der Waals surface area contributed by atoms with Gasteiger partial charge in [0.2, 0.25) is 5.91 Å². The Bertz CT molecular complexity index is 826. The number of amides is 2. The molecule has 2 heterocycles. The van der Waals surface area contributed by atoms with E-state index in [9.17, 15) is 9.59 Å². The monoisotopic (exact) mass is 459 g/mol. The van der Waals surface area contributed by atoms with Crippen LogP contribution in [0.25, 0.3) is 0 Å². The van der Waals surface area contributed by atoms with E-state index in [2.05, 4.69) is 10.2 Å². The molecule has 1 aliphatic carbocycles. The molecule has 1 saturated carbocycles. The van der Waals surface area contributed by atoms with Crippen molar-refractivity contribution in [3.8, 4) is 11.5 Å². The van der Waals surface area contributed by atoms with Gasteiger partial charge in [0.1, 0.15) is 0 Å². The van der Waals surface area contributed by atoms with Crippen molar-refractivity contribution in [2.75, 3.05) is 58.9 Å². The summed E-state index contributed by atoms with van der Waals surface area (Å²) >= 11 is 0. The molecule has 0 radical (unpaired) electrons. The van der Waals surface area contributed by atoms with Crippen LogP contribution >= 0.6 is 0 Å². The normalized spacial score (nSPS) is 22.2. The van der Waals surface area contributed by atoms with Gasteiger partial charge in [-0.1, -0.05) is 19.3 Å². The lowest BCUT2D eigenvalue weighted by Gasteiger charge is -2.36. The highest BCUT2D eigenvalue weighted by Crippen LogP contribution is 2.35. The van der Waals surface area contributed by atoms with Crippen LogP contribution in [0.4, 0.5) is 5.69 Å². The Balaban J connectivity index is 1.47. The highest BCUT2D eigenvalue weighted by Gasteiger charge is 2.29. The molecule has 1 atom stereocenters. The number of nitrogens with one attached hydrogen (secondary N) is 1. The maximum Gasteiger partial charge on any atom is 0.256 e. The average molecular weight is 460 g/mol. The van der Waals surface area contributed by atoms with Crippen molar-refractivity contribution in [1.29, 1.82) is 0 Å². The molecule has 0 bridgehead atoms. The highest BCUT2D eigenvalue weighted by molar-refractivity contribution is 6.05. The van der Waals surface area contributed by atoms with Crippen molar-refractivity contribution in [2.45, 2.75) is 51.0 Å². The number of piperazine rings is 1. The molecule has 3 aliphatic rings. The zero-order valence-corrected chi connectivity index (χ0v) is 19.9. The van der Waals surface area contributed by atoms with E-state index < -0.39 is 0 Å². The van der Waals surface area contributed by atoms with E-state index >= 15 is 0 Å². The van der Waals surface area contributed by atoms with Crippen LogP contribution in [0.3, 0.4) is 0 Å². The van der Waals surface area contributed by atoms with Crippen LogP contribution < -0.4 is 14.8 Å². The summed E-state index contributed by atoms with van der Waals surface area (Å²) < 4.78 is 16.7. The zero-order chi connectivity index (χ0) is 23.2. The lowest BCUT2D eigenvalue weighted by atomic mass is 9.88. The predicted octanol–water partition coefficient (Wildman–Crippen LogP) is 3.16. The van der Waals surface area contributed by atoms with E-state index in [0.29, 0.717) is 41.9 Å². The van der Waals surface area contributed by atoms with Gasteiger partial charge >= 0.3 is 0 Å². The molecule has 182 valence electrons. The van der Waals surface area contributed by atoms with Crippen molar-refractivity contribution in [3.63, 3.8) is 0 Å². The third-order valence-electron chi connectivity index (χ3n) is 7.13. The lowest BCUT2D eigenvalue weighted by molar-refractivity contribution is -0.120. The van der Waals surface area contributed by atoms with Crippen LogP contribution in [0, 0.1) is 5.92 Å². The lowest BCUT2D eigenvalue weighted by Crippen LogP contribution is -2.50.